The van der Waals surface area contributed by atoms with Crippen LogP contribution in [0.1, 0.15) is 75.9 Å². The van der Waals surface area contributed by atoms with Crippen LogP contribution in [0.2, 0.25) is 0 Å². The van der Waals surface area contributed by atoms with E-state index in [-0.39, 0.29) is 80.3 Å². The van der Waals surface area contributed by atoms with Gasteiger partial charge in [-0.3, -0.25) is 33.8 Å². The molecule has 54 heavy (non-hydrogen) atoms. The Morgan fingerprint density at radius 3 is 2.24 bits per heavy atom. The van der Waals surface area contributed by atoms with Crippen molar-refractivity contribution in [3.63, 3.8) is 0 Å². The van der Waals surface area contributed by atoms with E-state index in [0.717, 1.165) is 5.69 Å². The zero-order valence-corrected chi connectivity index (χ0v) is 31.0. The molecule has 0 bridgehead atoms. The van der Waals surface area contributed by atoms with Crippen molar-refractivity contribution in [2.24, 2.45) is 0 Å². The fraction of sp³-hybridized carbons (Fsp3) is 0.514. The Balaban J connectivity index is 1.21. The Hall–Kier alpha value is -5.69. The molecule has 0 saturated heterocycles. The van der Waals surface area contributed by atoms with E-state index in [4.69, 9.17) is 20.3 Å². The molecule has 19 nitrogen and oxygen atoms in total. The third kappa shape index (κ3) is 15.9. The number of amides is 4. The number of anilines is 2. The molecule has 0 fully saturated rings. The molecule has 0 spiro atoms. The zero-order valence-electron chi connectivity index (χ0n) is 31.0. The number of carboxylic acid groups (broad SMARTS) is 1. The topological polar surface area (TPSA) is 282 Å². The van der Waals surface area contributed by atoms with Crippen molar-refractivity contribution < 1.29 is 38.6 Å². The number of ether oxygens (including phenoxy) is 2. The van der Waals surface area contributed by atoms with Crippen LogP contribution in [-0.4, -0.2) is 105 Å². The number of nitrogens with two attached hydrogens (primary N) is 1. The van der Waals surface area contributed by atoms with Gasteiger partial charge in [0, 0.05) is 43.7 Å². The number of hydrogen-bond donors (Lipinski definition) is 8. The second kappa shape index (κ2) is 20.5. The largest absolute Gasteiger partial charge is 0.480 e. The number of nitrogens with one attached hydrogen (secondary N) is 6. The quantitative estimate of drug-likeness (QED) is 0.0616. The maximum atomic E-state index is 12.5. The summed E-state index contributed by atoms with van der Waals surface area (Å²) < 4.78 is 11.7. The molecule has 0 aliphatic carbocycles. The van der Waals surface area contributed by atoms with Crippen molar-refractivity contribution in [2.45, 2.75) is 77.5 Å². The van der Waals surface area contributed by atoms with Crippen LogP contribution in [0.15, 0.2) is 35.3 Å². The third-order valence-corrected chi connectivity index (χ3v) is 7.78. The van der Waals surface area contributed by atoms with Crippen LogP contribution in [0.5, 0.6) is 0 Å². The minimum absolute atomic E-state index is 0.0119. The van der Waals surface area contributed by atoms with Crippen molar-refractivity contribution >= 4 is 52.4 Å². The minimum Gasteiger partial charge on any atom is -0.480 e. The number of hydrogen-bond acceptors (Lipinski definition) is 13. The first-order chi connectivity index (χ1) is 25.5. The number of benzene rings is 1. The summed E-state index contributed by atoms with van der Waals surface area (Å²) in [5, 5.41) is 22.4. The van der Waals surface area contributed by atoms with Crippen LogP contribution in [-0.2, 0) is 35.2 Å². The Morgan fingerprint density at radius 2 is 1.52 bits per heavy atom. The van der Waals surface area contributed by atoms with E-state index in [1.807, 2.05) is 13.8 Å². The highest BCUT2D eigenvalue weighted by Crippen LogP contribution is 2.19. The molecule has 19 heteroatoms. The molecule has 3 aromatic rings. The molecule has 0 atom stereocenters. The molecule has 0 aliphatic heterocycles. The number of nitrogens with zero attached hydrogens (tertiary/aromatic N) is 3. The number of nitrogen functional groups attached to an aromatic ring is 1. The highest BCUT2D eigenvalue weighted by Gasteiger charge is 2.25. The molecular weight excluding hydrogens is 704 g/mol. The van der Waals surface area contributed by atoms with Gasteiger partial charge in [-0.15, -0.1) is 0 Å². The highest BCUT2D eigenvalue weighted by molar-refractivity contribution is 5.94. The number of aliphatic carboxylic acids is 1. The molecule has 0 radical (unpaired) electrons. The number of carboxylic acids is 1. The lowest BCUT2D eigenvalue weighted by molar-refractivity contribution is -0.139. The monoisotopic (exact) mass is 754 g/mol. The van der Waals surface area contributed by atoms with Gasteiger partial charge in [-0.05, 0) is 64.8 Å². The van der Waals surface area contributed by atoms with E-state index >= 15 is 0 Å². The van der Waals surface area contributed by atoms with Gasteiger partial charge in [0.25, 0.3) is 11.5 Å². The van der Waals surface area contributed by atoms with Crippen LogP contribution in [0.25, 0.3) is 11.2 Å². The van der Waals surface area contributed by atoms with Gasteiger partial charge in [0.05, 0.1) is 49.3 Å². The molecule has 0 saturated carbocycles. The van der Waals surface area contributed by atoms with Gasteiger partial charge >= 0.3 is 5.97 Å². The van der Waals surface area contributed by atoms with Gasteiger partial charge in [0.2, 0.25) is 23.7 Å². The van der Waals surface area contributed by atoms with Gasteiger partial charge in [0.1, 0.15) is 6.54 Å². The number of rotatable bonds is 23. The number of H-pyrrole nitrogens is 1. The number of aromatic amines is 1. The first-order valence-electron chi connectivity index (χ1n) is 17.5. The van der Waals surface area contributed by atoms with Crippen molar-refractivity contribution in [1.29, 1.82) is 0 Å². The lowest BCUT2D eigenvalue weighted by atomic mass is 10.0. The number of aromatic nitrogens is 4. The van der Waals surface area contributed by atoms with E-state index < -0.39 is 35.2 Å². The fourth-order valence-corrected chi connectivity index (χ4v) is 4.87. The molecule has 0 aliphatic rings. The molecule has 2 heterocycles. The lowest BCUT2D eigenvalue weighted by Gasteiger charge is -2.29. The van der Waals surface area contributed by atoms with Crippen LogP contribution in [0.3, 0.4) is 0 Å². The Morgan fingerprint density at radius 1 is 0.833 bits per heavy atom. The average Bonchev–Trinajstić information content (AvgIpc) is 3.10. The summed E-state index contributed by atoms with van der Waals surface area (Å²) in [5.41, 5.74) is 5.63. The summed E-state index contributed by atoms with van der Waals surface area (Å²) in [7, 11) is 0. The van der Waals surface area contributed by atoms with Gasteiger partial charge in [0.15, 0.2) is 11.2 Å². The second-order valence-electron chi connectivity index (χ2n) is 13.5. The van der Waals surface area contributed by atoms with Gasteiger partial charge in [-0.1, -0.05) is 0 Å². The smallest absolute Gasteiger partial charge is 0.322 e. The molecular formula is C35H50N10O9. The van der Waals surface area contributed by atoms with Crippen molar-refractivity contribution in [1.82, 2.24) is 41.2 Å². The van der Waals surface area contributed by atoms with E-state index in [9.17, 15) is 28.8 Å². The van der Waals surface area contributed by atoms with Crippen molar-refractivity contribution in [3.05, 3.63) is 52.1 Å². The van der Waals surface area contributed by atoms with Crippen LogP contribution < -0.4 is 37.9 Å². The predicted molar refractivity (Wildman–Crippen MR) is 198 cm³/mol. The number of carbonyl (C=O) groups is 5. The van der Waals surface area contributed by atoms with E-state index in [1.165, 1.54) is 6.20 Å². The minimum atomic E-state index is -1.12. The summed E-state index contributed by atoms with van der Waals surface area (Å²) in [6.45, 7) is 8.41. The first kappa shape index (κ1) is 42.7. The lowest BCUT2D eigenvalue weighted by Crippen LogP contribution is -2.38. The summed E-state index contributed by atoms with van der Waals surface area (Å²) in [6.07, 6.45) is 2.72. The highest BCUT2D eigenvalue weighted by atomic mass is 16.5. The van der Waals surface area contributed by atoms with Crippen LogP contribution in [0, 0.1) is 0 Å². The fourth-order valence-electron chi connectivity index (χ4n) is 4.87. The van der Waals surface area contributed by atoms with Crippen LogP contribution >= 0.6 is 0 Å². The summed E-state index contributed by atoms with van der Waals surface area (Å²) in [5.74, 6) is -2.32. The zero-order chi connectivity index (χ0) is 39.7. The second-order valence-corrected chi connectivity index (χ2v) is 13.5. The predicted octanol–water partition coefficient (Wildman–Crippen LogP) is 0.611. The first-order valence-corrected chi connectivity index (χ1v) is 17.5. The molecule has 1 aromatic carbocycles. The van der Waals surface area contributed by atoms with Gasteiger partial charge in [-0.25, -0.2) is 9.97 Å². The van der Waals surface area contributed by atoms with Gasteiger partial charge < -0.3 is 46.9 Å². The van der Waals surface area contributed by atoms with Crippen molar-refractivity contribution in [3.8, 4) is 0 Å². The van der Waals surface area contributed by atoms with E-state index in [2.05, 4.69) is 46.5 Å². The molecule has 294 valence electrons. The van der Waals surface area contributed by atoms with Gasteiger partial charge in [-0.2, -0.15) is 4.98 Å². The van der Waals surface area contributed by atoms with Crippen molar-refractivity contribution in [2.75, 3.05) is 50.4 Å². The number of carbonyl (C=O) groups excluding carboxylic acids is 4. The van der Waals surface area contributed by atoms with E-state index in [1.54, 1.807) is 38.1 Å². The number of fused-ring (bicyclic) bond motifs is 1. The normalized spacial score (nSPS) is 11.5. The summed E-state index contributed by atoms with van der Waals surface area (Å²) in [6, 6.07) is 6.78. The molecule has 3 rings (SSSR count). The molecule has 4 amide bonds. The standard InChI is InChI=1S/C35H50N10O9/c1-34(2,12-16-53-35(3,4)18-27(48)41-21-28(49)50)54-17-15-38-26(47)11-14-37-25(46)6-5-13-39-31(51)22-7-9-23(10-8-22)40-19-24-20-42-30-29(43-24)32(52)45-33(36)44-30/h7-10,20,40H,5-6,11-19,21H2,1-4H3,(H,37,46)(H,38,47)(H,39,51)(H,41,48)(H,49,50)(H3,36,42,44,45,52). The summed E-state index contributed by atoms with van der Waals surface area (Å²) >= 11 is 0. The molecule has 9 N–H and O–H groups in total. The Kier molecular flexibility index (Phi) is 16.2. The van der Waals surface area contributed by atoms with Crippen LogP contribution in [0.4, 0.5) is 11.6 Å². The average molecular weight is 755 g/mol. The Labute approximate surface area is 312 Å². The maximum absolute atomic E-state index is 12.5. The Bertz CT molecular complexity index is 1810. The SMILES string of the molecule is CC(C)(CCOC(C)(C)CC(=O)NCC(=O)O)OCCNC(=O)CCNC(=O)CCCNC(=O)c1ccc(NCc2cnc3nc(N)[nH]c(=O)c3n2)cc1. The third-order valence-electron chi connectivity index (χ3n) is 7.78. The molecule has 2 aromatic heterocycles. The summed E-state index contributed by atoms with van der Waals surface area (Å²) in [4.78, 5) is 86.2. The van der Waals surface area contributed by atoms with E-state index in [0.29, 0.717) is 37.3 Å². The maximum Gasteiger partial charge on any atom is 0.322 e. The molecule has 0 unspecified atom stereocenters.